The van der Waals surface area contributed by atoms with E-state index in [-0.39, 0.29) is 11.0 Å². The summed E-state index contributed by atoms with van der Waals surface area (Å²) in [7, 11) is -3.52. The van der Waals surface area contributed by atoms with Crippen molar-refractivity contribution < 1.29 is 17.7 Å². The summed E-state index contributed by atoms with van der Waals surface area (Å²) in [5, 5.41) is 14.4. The van der Waals surface area contributed by atoms with E-state index in [1.54, 1.807) is 44.3 Å². The Bertz CT molecular complexity index is 1770. The molecule has 0 spiro atoms. The zero-order chi connectivity index (χ0) is 28.6. The minimum atomic E-state index is -3.52. The molecule has 2 aromatic carbocycles. The number of benzene rings is 2. The largest absolute Gasteiger partial charge is 0.489 e. The Balaban J connectivity index is 1.51. The summed E-state index contributed by atoms with van der Waals surface area (Å²) in [5.74, 6) is 1.94. The SMILES string of the molecule is Cc1cc(-c2cc(NC3N=c4[nH]ccc4=C(Nc4ccccc4S(=O)(=O)C(C)C)N3)c(OC(C)C)cc2C)on1. The minimum absolute atomic E-state index is 0.0483. The average Bonchev–Trinajstić information content (AvgIpc) is 3.54. The van der Waals surface area contributed by atoms with Crippen molar-refractivity contribution in [3.63, 3.8) is 0 Å². The number of ether oxygens (including phenoxy) is 1. The minimum Gasteiger partial charge on any atom is -0.489 e. The van der Waals surface area contributed by atoms with Gasteiger partial charge in [-0.05, 0) is 77.4 Å². The molecule has 1 aliphatic rings. The number of para-hydroxylation sites is 1. The Morgan fingerprint density at radius 1 is 1.02 bits per heavy atom. The summed E-state index contributed by atoms with van der Waals surface area (Å²) in [6.45, 7) is 11.2. The molecule has 0 saturated heterocycles. The molecule has 1 atom stereocenters. The van der Waals surface area contributed by atoms with Crippen molar-refractivity contribution in [2.45, 2.75) is 64.1 Å². The van der Waals surface area contributed by atoms with Crippen molar-refractivity contribution >= 4 is 27.0 Å². The second-order valence-corrected chi connectivity index (χ2v) is 12.8. The van der Waals surface area contributed by atoms with E-state index in [0.29, 0.717) is 34.2 Å². The first-order valence-electron chi connectivity index (χ1n) is 13.2. The van der Waals surface area contributed by atoms with Crippen LogP contribution in [0.15, 0.2) is 69.1 Å². The molecule has 5 rings (SSSR count). The molecule has 210 valence electrons. The van der Waals surface area contributed by atoms with E-state index >= 15 is 0 Å². The first kappa shape index (κ1) is 27.3. The predicted molar refractivity (Wildman–Crippen MR) is 155 cm³/mol. The maximum Gasteiger partial charge on any atom is 0.197 e. The zero-order valence-electron chi connectivity index (χ0n) is 23.4. The molecule has 0 aliphatic carbocycles. The van der Waals surface area contributed by atoms with Crippen molar-refractivity contribution in [1.82, 2.24) is 15.5 Å². The van der Waals surface area contributed by atoms with Gasteiger partial charge in [0.2, 0.25) is 0 Å². The predicted octanol–water partition coefficient (Wildman–Crippen LogP) is 4.05. The summed E-state index contributed by atoms with van der Waals surface area (Å²) in [6.07, 6.45) is 1.14. The maximum atomic E-state index is 13.1. The van der Waals surface area contributed by atoms with Gasteiger partial charge < -0.3 is 30.2 Å². The third-order valence-electron chi connectivity index (χ3n) is 6.48. The number of nitrogens with zero attached hydrogens (tertiary/aromatic N) is 2. The van der Waals surface area contributed by atoms with Crippen LogP contribution in [-0.4, -0.2) is 36.2 Å². The highest BCUT2D eigenvalue weighted by Crippen LogP contribution is 2.35. The Labute approximate surface area is 233 Å². The van der Waals surface area contributed by atoms with Crippen molar-refractivity contribution in [2.75, 3.05) is 10.6 Å². The summed E-state index contributed by atoms with van der Waals surface area (Å²) in [6, 6.07) is 14.6. The quantitative estimate of drug-likeness (QED) is 0.240. The molecular formula is C29H34N6O4S. The number of rotatable bonds is 9. The lowest BCUT2D eigenvalue weighted by molar-refractivity contribution is 0.243. The van der Waals surface area contributed by atoms with Crippen LogP contribution in [0.5, 0.6) is 5.75 Å². The summed E-state index contributed by atoms with van der Waals surface area (Å²) in [4.78, 5) is 8.20. The third kappa shape index (κ3) is 5.42. The van der Waals surface area contributed by atoms with E-state index in [0.717, 1.165) is 22.0 Å². The molecule has 4 aromatic rings. The Morgan fingerprint density at radius 3 is 2.50 bits per heavy atom. The number of nitrogens with one attached hydrogen (secondary N) is 4. The first-order chi connectivity index (χ1) is 19.0. The molecular weight excluding hydrogens is 528 g/mol. The van der Waals surface area contributed by atoms with Gasteiger partial charge in [0.15, 0.2) is 21.9 Å². The molecule has 2 aromatic heterocycles. The first-order valence-corrected chi connectivity index (χ1v) is 14.7. The fourth-order valence-electron chi connectivity index (χ4n) is 4.47. The van der Waals surface area contributed by atoms with Crippen LogP contribution in [0.3, 0.4) is 0 Å². The lowest BCUT2D eigenvalue weighted by Crippen LogP contribution is -2.48. The number of aromatic amines is 1. The molecule has 0 bridgehead atoms. The topological polar surface area (TPSA) is 134 Å². The van der Waals surface area contributed by atoms with Crippen LogP contribution in [0.4, 0.5) is 11.4 Å². The molecule has 0 amide bonds. The number of anilines is 2. The van der Waals surface area contributed by atoms with Gasteiger partial charge in [-0.3, -0.25) is 0 Å². The number of sulfone groups is 1. The van der Waals surface area contributed by atoms with Crippen LogP contribution >= 0.6 is 0 Å². The highest BCUT2D eigenvalue weighted by molar-refractivity contribution is 7.92. The van der Waals surface area contributed by atoms with Gasteiger partial charge in [-0.1, -0.05) is 17.3 Å². The van der Waals surface area contributed by atoms with E-state index in [4.69, 9.17) is 14.3 Å². The van der Waals surface area contributed by atoms with Gasteiger partial charge >= 0.3 is 0 Å². The highest BCUT2D eigenvalue weighted by atomic mass is 32.2. The van der Waals surface area contributed by atoms with E-state index in [1.165, 1.54) is 0 Å². The normalized spacial score (nSPS) is 15.0. The Morgan fingerprint density at radius 2 is 1.80 bits per heavy atom. The number of hydrogen-bond acceptors (Lipinski definition) is 9. The average molecular weight is 563 g/mol. The van der Waals surface area contributed by atoms with Gasteiger partial charge in [-0.25, -0.2) is 13.4 Å². The van der Waals surface area contributed by atoms with Crippen molar-refractivity contribution in [3.05, 3.63) is 76.7 Å². The molecule has 1 aliphatic heterocycles. The molecule has 0 radical (unpaired) electrons. The molecule has 10 nitrogen and oxygen atoms in total. The van der Waals surface area contributed by atoms with Gasteiger partial charge in [0.1, 0.15) is 17.1 Å². The number of aromatic nitrogens is 2. The fraction of sp³-hybridized carbons (Fsp3) is 0.310. The van der Waals surface area contributed by atoms with E-state index in [2.05, 4.69) is 26.1 Å². The summed E-state index contributed by atoms with van der Waals surface area (Å²) >= 11 is 0. The summed E-state index contributed by atoms with van der Waals surface area (Å²) < 4.78 is 37.8. The third-order valence-corrected chi connectivity index (χ3v) is 8.69. The second kappa shape index (κ2) is 10.7. The van der Waals surface area contributed by atoms with E-state index < -0.39 is 21.4 Å². The number of aryl methyl sites for hydroxylation is 2. The Kier molecular flexibility index (Phi) is 7.33. The van der Waals surface area contributed by atoms with E-state index in [9.17, 15) is 8.42 Å². The van der Waals surface area contributed by atoms with Crippen LogP contribution < -0.4 is 31.4 Å². The van der Waals surface area contributed by atoms with Gasteiger partial charge in [0.05, 0.1) is 38.5 Å². The van der Waals surface area contributed by atoms with Crippen molar-refractivity contribution in [1.29, 1.82) is 0 Å². The standard InChI is InChI=1S/C29H34N6O4S/c1-16(2)38-25-13-18(5)21(24-14-19(6)35-39-24)15-23(25)32-29-33-27-20(11-12-30-27)28(34-29)31-22-9-7-8-10-26(22)40(36,37)17(3)4/h7-17,29,31-32,34H,1-6H3,(H,30,33). The second-order valence-electron chi connectivity index (χ2n) is 10.3. The molecule has 0 saturated carbocycles. The molecule has 40 heavy (non-hydrogen) atoms. The van der Waals surface area contributed by atoms with Gasteiger partial charge in [-0.15, -0.1) is 0 Å². The van der Waals surface area contributed by atoms with Crippen LogP contribution in [-0.2, 0) is 9.84 Å². The molecule has 11 heteroatoms. The molecule has 3 heterocycles. The van der Waals surface area contributed by atoms with Crippen molar-refractivity contribution in [2.24, 2.45) is 4.99 Å². The lowest BCUT2D eigenvalue weighted by Gasteiger charge is -2.26. The van der Waals surface area contributed by atoms with Gasteiger partial charge in [-0.2, -0.15) is 0 Å². The number of hydrogen-bond donors (Lipinski definition) is 4. The van der Waals surface area contributed by atoms with Gasteiger partial charge in [0.25, 0.3) is 0 Å². The summed E-state index contributed by atoms with van der Waals surface area (Å²) in [5.41, 5.74) is 4.49. The monoisotopic (exact) mass is 562 g/mol. The molecule has 0 fully saturated rings. The van der Waals surface area contributed by atoms with Crippen LogP contribution in [0.25, 0.3) is 17.1 Å². The Hall–Kier alpha value is -4.25. The molecule has 4 N–H and O–H groups in total. The zero-order valence-corrected chi connectivity index (χ0v) is 24.2. The number of H-pyrrole nitrogens is 1. The lowest BCUT2D eigenvalue weighted by atomic mass is 10.0. The van der Waals surface area contributed by atoms with Gasteiger partial charge in [0, 0.05) is 17.8 Å². The smallest absolute Gasteiger partial charge is 0.197 e. The highest BCUT2D eigenvalue weighted by Gasteiger charge is 2.24. The number of fused-ring (bicyclic) bond motifs is 1. The molecule has 1 unspecified atom stereocenters. The van der Waals surface area contributed by atoms with Crippen LogP contribution in [0, 0.1) is 13.8 Å². The van der Waals surface area contributed by atoms with Crippen molar-refractivity contribution in [3.8, 4) is 17.1 Å². The van der Waals surface area contributed by atoms with Crippen LogP contribution in [0.2, 0.25) is 0 Å². The fourth-order valence-corrected chi connectivity index (χ4v) is 5.67. The van der Waals surface area contributed by atoms with E-state index in [1.807, 2.05) is 52.0 Å². The van der Waals surface area contributed by atoms with Crippen LogP contribution in [0.1, 0.15) is 39.0 Å². The maximum absolute atomic E-state index is 13.1.